The van der Waals surface area contributed by atoms with Crippen LogP contribution in [0.25, 0.3) is 5.69 Å². The summed E-state index contributed by atoms with van der Waals surface area (Å²) < 4.78 is 12.8. The molecule has 6 heteroatoms. The minimum absolute atomic E-state index is 0.00706. The standard InChI is InChI=1S/C21H21N3O3/c1-26-19-8-5-16-11-17(14-27-20(16)12-19)21(25)22-13-15-3-6-18(7-4-15)24-10-2-9-23-24/h2-10,12,17H,11,13-14H2,1H3,(H,22,25). The highest BCUT2D eigenvalue weighted by molar-refractivity contribution is 5.79. The van der Waals surface area contributed by atoms with E-state index in [0.29, 0.717) is 19.6 Å². The predicted octanol–water partition coefficient (Wildman–Crippen LogP) is 2.75. The summed E-state index contributed by atoms with van der Waals surface area (Å²) in [6, 6.07) is 15.6. The van der Waals surface area contributed by atoms with E-state index < -0.39 is 0 Å². The molecule has 2 aromatic carbocycles. The highest BCUT2D eigenvalue weighted by Gasteiger charge is 2.26. The van der Waals surface area contributed by atoms with Gasteiger partial charge in [-0.3, -0.25) is 4.79 Å². The third-order valence-corrected chi connectivity index (χ3v) is 4.72. The number of nitrogens with one attached hydrogen (secondary N) is 1. The topological polar surface area (TPSA) is 65.4 Å². The van der Waals surface area contributed by atoms with E-state index in [1.165, 1.54) is 0 Å². The largest absolute Gasteiger partial charge is 0.497 e. The molecule has 1 aromatic heterocycles. The predicted molar refractivity (Wildman–Crippen MR) is 101 cm³/mol. The van der Waals surface area contributed by atoms with E-state index in [1.807, 2.05) is 54.7 Å². The van der Waals surface area contributed by atoms with Gasteiger partial charge < -0.3 is 14.8 Å². The first-order valence-corrected chi connectivity index (χ1v) is 8.89. The Morgan fingerprint density at radius 1 is 1.30 bits per heavy atom. The number of benzene rings is 2. The Bertz CT molecular complexity index is 920. The molecule has 1 amide bonds. The SMILES string of the molecule is COc1ccc2c(c1)OCC(C(=O)NCc1ccc(-n3cccn3)cc1)C2. The number of amides is 1. The van der Waals surface area contributed by atoms with Crippen LogP contribution >= 0.6 is 0 Å². The molecule has 1 unspecified atom stereocenters. The van der Waals surface area contributed by atoms with Crippen molar-refractivity contribution in [3.8, 4) is 17.2 Å². The third-order valence-electron chi connectivity index (χ3n) is 4.72. The fraction of sp³-hybridized carbons (Fsp3) is 0.238. The lowest BCUT2D eigenvalue weighted by Crippen LogP contribution is -2.37. The van der Waals surface area contributed by atoms with Crippen molar-refractivity contribution in [1.82, 2.24) is 15.1 Å². The molecule has 3 aromatic rings. The van der Waals surface area contributed by atoms with Gasteiger partial charge in [0, 0.05) is 25.0 Å². The van der Waals surface area contributed by atoms with Crippen molar-refractivity contribution in [2.75, 3.05) is 13.7 Å². The van der Waals surface area contributed by atoms with E-state index in [2.05, 4.69) is 10.4 Å². The monoisotopic (exact) mass is 363 g/mol. The van der Waals surface area contributed by atoms with Gasteiger partial charge in [-0.25, -0.2) is 4.68 Å². The second kappa shape index (κ2) is 7.53. The molecule has 1 aliphatic heterocycles. The summed E-state index contributed by atoms with van der Waals surface area (Å²) in [5, 5.41) is 7.22. The van der Waals surface area contributed by atoms with Crippen LogP contribution < -0.4 is 14.8 Å². The van der Waals surface area contributed by atoms with E-state index in [-0.39, 0.29) is 11.8 Å². The number of ether oxygens (including phenoxy) is 2. The maximum atomic E-state index is 12.5. The van der Waals surface area contributed by atoms with Crippen LogP contribution in [0.4, 0.5) is 0 Å². The summed E-state index contributed by atoms with van der Waals surface area (Å²) in [4.78, 5) is 12.5. The lowest BCUT2D eigenvalue weighted by Gasteiger charge is -2.25. The van der Waals surface area contributed by atoms with Gasteiger partial charge in [0.2, 0.25) is 5.91 Å². The molecule has 6 nitrogen and oxygen atoms in total. The average Bonchev–Trinajstić information content (AvgIpc) is 3.26. The first-order valence-electron chi connectivity index (χ1n) is 8.89. The quantitative estimate of drug-likeness (QED) is 0.757. The molecule has 1 atom stereocenters. The van der Waals surface area contributed by atoms with Gasteiger partial charge in [0.1, 0.15) is 18.1 Å². The Morgan fingerprint density at radius 3 is 2.89 bits per heavy atom. The maximum Gasteiger partial charge on any atom is 0.227 e. The molecule has 0 spiro atoms. The van der Waals surface area contributed by atoms with Crippen LogP contribution in [0, 0.1) is 5.92 Å². The summed E-state index contributed by atoms with van der Waals surface area (Å²) in [5.41, 5.74) is 3.06. The number of hydrogen-bond acceptors (Lipinski definition) is 4. The molecule has 1 aliphatic rings. The highest BCUT2D eigenvalue weighted by atomic mass is 16.5. The summed E-state index contributed by atoms with van der Waals surface area (Å²) in [6.45, 7) is 0.869. The van der Waals surface area contributed by atoms with Crippen molar-refractivity contribution >= 4 is 5.91 Å². The lowest BCUT2D eigenvalue weighted by molar-refractivity contribution is -0.126. The van der Waals surface area contributed by atoms with Gasteiger partial charge in [0.05, 0.1) is 18.7 Å². The van der Waals surface area contributed by atoms with Crippen LogP contribution in [0.3, 0.4) is 0 Å². The van der Waals surface area contributed by atoms with Crippen molar-refractivity contribution in [3.05, 3.63) is 72.1 Å². The first kappa shape index (κ1) is 17.1. The van der Waals surface area contributed by atoms with Gasteiger partial charge in [-0.05, 0) is 41.8 Å². The number of fused-ring (bicyclic) bond motifs is 1. The minimum atomic E-state index is -0.186. The zero-order chi connectivity index (χ0) is 18.6. The number of nitrogens with zero attached hydrogens (tertiary/aromatic N) is 2. The summed E-state index contributed by atoms with van der Waals surface area (Å²) in [5.74, 6) is 1.38. The highest BCUT2D eigenvalue weighted by Crippen LogP contribution is 2.31. The fourth-order valence-electron chi connectivity index (χ4n) is 3.17. The van der Waals surface area contributed by atoms with Crippen LogP contribution in [-0.4, -0.2) is 29.4 Å². The molecule has 0 aliphatic carbocycles. The molecule has 2 heterocycles. The number of methoxy groups -OCH3 is 1. The zero-order valence-electron chi connectivity index (χ0n) is 15.1. The van der Waals surface area contributed by atoms with Crippen LogP contribution in [0.15, 0.2) is 60.9 Å². The number of hydrogen-bond donors (Lipinski definition) is 1. The van der Waals surface area contributed by atoms with Crippen molar-refractivity contribution in [2.24, 2.45) is 5.92 Å². The number of rotatable bonds is 5. The second-order valence-electron chi connectivity index (χ2n) is 6.52. The van der Waals surface area contributed by atoms with E-state index >= 15 is 0 Å². The normalized spacial score (nSPS) is 15.5. The number of carbonyl (C=O) groups excluding carboxylic acids is 1. The molecule has 0 saturated carbocycles. The molecule has 0 bridgehead atoms. The van der Waals surface area contributed by atoms with Crippen molar-refractivity contribution in [1.29, 1.82) is 0 Å². The summed E-state index contributed by atoms with van der Waals surface area (Å²) in [6.07, 6.45) is 4.31. The molecule has 1 N–H and O–H groups in total. The van der Waals surface area contributed by atoms with E-state index in [1.54, 1.807) is 18.0 Å². The van der Waals surface area contributed by atoms with Gasteiger partial charge in [0.25, 0.3) is 0 Å². The molecular formula is C21H21N3O3. The Morgan fingerprint density at radius 2 is 2.15 bits per heavy atom. The Balaban J connectivity index is 1.34. The molecule has 138 valence electrons. The van der Waals surface area contributed by atoms with Crippen LogP contribution in [0.1, 0.15) is 11.1 Å². The van der Waals surface area contributed by atoms with Gasteiger partial charge in [-0.2, -0.15) is 5.10 Å². The molecule has 27 heavy (non-hydrogen) atoms. The Kier molecular flexibility index (Phi) is 4.78. The Labute approximate surface area is 157 Å². The second-order valence-corrected chi connectivity index (χ2v) is 6.52. The molecular weight excluding hydrogens is 342 g/mol. The summed E-state index contributed by atoms with van der Waals surface area (Å²) in [7, 11) is 1.63. The van der Waals surface area contributed by atoms with Crippen molar-refractivity contribution in [2.45, 2.75) is 13.0 Å². The fourth-order valence-corrected chi connectivity index (χ4v) is 3.17. The minimum Gasteiger partial charge on any atom is -0.497 e. The third kappa shape index (κ3) is 3.79. The van der Waals surface area contributed by atoms with Gasteiger partial charge in [-0.1, -0.05) is 18.2 Å². The van der Waals surface area contributed by atoms with E-state index in [4.69, 9.17) is 9.47 Å². The maximum absolute atomic E-state index is 12.5. The lowest BCUT2D eigenvalue weighted by atomic mass is 9.96. The van der Waals surface area contributed by atoms with Crippen LogP contribution in [0.2, 0.25) is 0 Å². The average molecular weight is 363 g/mol. The van der Waals surface area contributed by atoms with Gasteiger partial charge in [0.15, 0.2) is 0 Å². The molecule has 4 rings (SSSR count). The molecule has 0 radical (unpaired) electrons. The summed E-state index contributed by atoms with van der Waals surface area (Å²) >= 11 is 0. The molecule has 0 saturated heterocycles. The number of aromatic nitrogens is 2. The molecule has 0 fully saturated rings. The van der Waals surface area contributed by atoms with Gasteiger partial charge in [-0.15, -0.1) is 0 Å². The van der Waals surface area contributed by atoms with Crippen molar-refractivity contribution in [3.63, 3.8) is 0 Å². The van der Waals surface area contributed by atoms with Crippen molar-refractivity contribution < 1.29 is 14.3 Å². The van der Waals surface area contributed by atoms with Crippen LogP contribution in [0.5, 0.6) is 11.5 Å². The number of carbonyl (C=O) groups is 1. The van der Waals surface area contributed by atoms with E-state index in [9.17, 15) is 4.79 Å². The van der Waals surface area contributed by atoms with Crippen LogP contribution in [-0.2, 0) is 17.8 Å². The van der Waals surface area contributed by atoms with Gasteiger partial charge >= 0.3 is 0 Å². The van der Waals surface area contributed by atoms with E-state index in [0.717, 1.165) is 28.3 Å². The first-order chi connectivity index (χ1) is 13.2. The zero-order valence-corrected chi connectivity index (χ0v) is 15.1. The Hall–Kier alpha value is -3.28. The smallest absolute Gasteiger partial charge is 0.227 e.